The second-order valence-electron chi connectivity index (χ2n) is 3.84. The summed E-state index contributed by atoms with van der Waals surface area (Å²) in [6, 6.07) is 7.65. The molecule has 2 aromatic rings. The van der Waals surface area contributed by atoms with Gasteiger partial charge in [0.15, 0.2) is 0 Å². The number of rotatable bonds is 5. The van der Waals surface area contributed by atoms with Gasteiger partial charge in [-0.3, -0.25) is 0 Å². The van der Waals surface area contributed by atoms with Crippen molar-refractivity contribution in [2.24, 2.45) is 5.73 Å². The summed E-state index contributed by atoms with van der Waals surface area (Å²) in [5.74, 6) is 1.54. The molecule has 0 saturated heterocycles. The first kappa shape index (κ1) is 12.6. The Morgan fingerprint density at radius 1 is 1.44 bits per heavy atom. The molecule has 0 atom stereocenters. The van der Waals surface area contributed by atoms with E-state index in [9.17, 15) is 0 Å². The van der Waals surface area contributed by atoms with Gasteiger partial charge in [0.25, 0.3) is 0 Å². The van der Waals surface area contributed by atoms with E-state index in [1.54, 1.807) is 6.20 Å². The summed E-state index contributed by atoms with van der Waals surface area (Å²) in [7, 11) is 0. The van der Waals surface area contributed by atoms with E-state index in [4.69, 9.17) is 22.4 Å². The van der Waals surface area contributed by atoms with Crippen LogP contribution in [0.5, 0.6) is 0 Å². The van der Waals surface area contributed by atoms with Gasteiger partial charge < -0.3 is 15.5 Å². The fraction of sp³-hybridized carbons (Fsp3) is 0.231. The maximum atomic E-state index is 5.66. The van der Waals surface area contributed by atoms with Crippen LogP contribution in [0.2, 0.25) is 0 Å². The summed E-state index contributed by atoms with van der Waals surface area (Å²) in [6.07, 6.45) is 2.59. The number of para-hydroxylation sites is 1. The number of hydrogen-bond acceptors (Lipinski definition) is 4. The third kappa shape index (κ3) is 2.87. The zero-order valence-corrected chi connectivity index (χ0v) is 11.0. The van der Waals surface area contributed by atoms with Crippen molar-refractivity contribution >= 4 is 22.9 Å². The van der Waals surface area contributed by atoms with Gasteiger partial charge in [-0.05, 0) is 12.1 Å². The summed E-state index contributed by atoms with van der Waals surface area (Å²) in [6.45, 7) is 2.54. The zero-order chi connectivity index (χ0) is 13.0. The van der Waals surface area contributed by atoms with E-state index in [1.807, 2.05) is 31.2 Å². The Morgan fingerprint density at radius 2 is 2.22 bits per heavy atom. The van der Waals surface area contributed by atoms with Crippen LogP contribution < -0.4 is 11.1 Å². The molecule has 0 fully saturated rings. The first-order valence-corrected chi connectivity index (χ1v) is 6.17. The average molecular weight is 261 g/mol. The molecule has 0 aliphatic rings. The molecule has 1 aromatic carbocycles. The Morgan fingerprint density at radius 3 is 2.89 bits per heavy atom. The van der Waals surface area contributed by atoms with Gasteiger partial charge in [-0.15, -0.1) is 0 Å². The lowest BCUT2D eigenvalue weighted by Crippen LogP contribution is -2.13. The molecule has 0 spiro atoms. The van der Waals surface area contributed by atoms with Crippen molar-refractivity contribution in [3.05, 3.63) is 47.7 Å². The number of aromatic nitrogens is 1. The molecule has 3 N–H and O–H groups in total. The van der Waals surface area contributed by atoms with Crippen molar-refractivity contribution < 1.29 is 4.42 Å². The molecule has 1 heterocycles. The van der Waals surface area contributed by atoms with Crippen molar-refractivity contribution in [2.75, 3.05) is 5.32 Å². The van der Waals surface area contributed by atoms with Crippen LogP contribution in [0.1, 0.15) is 24.1 Å². The molecule has 0 amide bonds. The molecule has 1 aromatic heterocycles. The van der Waals surface area contributed by atoms with E-state index in [2.05, 4.69) is 10.3 Å². The molecule has 2 rings (SSSR count). The van der Waals surface area contributed by atoms with Gasteiger partial charge in [-0.1, -0.05) is 31.3 Å². The predicted molar refractivity (Wildman–Crippen MR) is 75.5 cm³/mol. The monoisotopic (exact) mass is 261 g/mol. The van der Waals surface area contributed by atoms with Gasteiger partial charge in [0, 0.05) is 17.7 Å². The molecule has 94 valence electrons. The Kier molecular flexibility index (Phi) is 3.94. The van der Waals surface area contributed by atoms with Gasteiger partial charge in [0.05, 0.1) is 12.7 Å². The number of nitrogens with two attached hydrogens (primary N) is 1. The first-order chi connectivity index (χ1) is 8.70. The fourth-order valence-electron chi connectivity index (χ4n) is 1.62. The molecular formula is C13H15N3OS. The Balaban J connectivity index is 2.08. The quantitative estimate of drug-likeness (QED) is 0.810. The molecule has 18 heavy (non-hydrogen) atoms. The highest BCUT2D eigenvalue weighted by atomic mass is 32.1. The minimum atomic E-state index is 0.375. The number of anilines is 1. The third-order valence-electron chi connectivity index (χ3n) is 2.57. The van der Waals surface area contributed by atoms with E-state index in [1.165, 1.54) is 0 Å². The van der Waals surface area contributed by atoms with Crippen LogP contribution in [0, 0.1) is 0 Å². The Hall–Kier alpha value is -1.88. The van der Waals surface area contributed by atoms with E-state index in [0.29, 0.717) is 17.4 Å². The SMILES string of the molecule is CCc1cnc(CNc2ccccc2C(N)=S)o1. The van der Waals surface area contributed by atoms with Crippen molar-refractivity contribution in [3.8, 4) is 0 Å². The molecule has 0 unspecified atom stereocenters. The highest BCUT2D eigenvalue weighted by molar-refractivity contribution is 7.80. The van der Waals surface area contributed by atoms with Crippen LogP contribution >= 0.6 is 12.2 Å². The highest BCUT2D eigenvalue weighted by Gasteiger charge is 2.06. The largest absolute Gasteiger partial charge is 0.444 e. The third-order valence-corrected chi connectivity index (χ3v) is 2.79. The molecule has 0 bridgehead atoms. The van der Waals surface area contributed by atoms with Crippen LogP contribution in [-0.4, -0.2) is 9.97 Å². The van der Waals surface area contributed by atoms with E-state index < -0.39 is 0 Å². The number of nitrogens with zero attached hydrogens (tertiary/aromatic N) is 1. The molecule has 0 radical (unpaired) electrons. The maximum absolute atomic E-state index is 5.66. The normalized spacial score (nSPS) is 10.3. The Labute approximate surface area is 111 Å². The lowest BCUT2D eigenvalue weighted by atomic mass is 10.2. The lowest BCUT2D eigenvalue weighted by Gasteiger charge is -2.09. The second kappa shape index (κ2) is 5.64. The smallest absolute Gasteiger partial charge is 0.213 e. The Bertz CT molecular complexity index is 551. The van der Waals surface area contributed by atoms with Crippen LogP contribution in [0.3, 0.4) is 0 Å². The summed E-state index contributed by atoms with van der Waals surface area (Å²) >= 11 is 5.00. The standard InChI is InChI=1S/C13H15N3OS/c1-2-9-7-16-12(17-9)8-15-11-6-4-3-5-10(11)13(14)18/h3-7,15H,2,8H2,1H3,(H2,14,18). The molecule has 5 heteroatoms. The molecule has 0 aliphatic carbocycles. The molecule has 4 nitrogen and oxygen atoms in total. The number of hydrogen-bond donors (Lipinski definition) is 2. The number of benzene rings is 1. The van der Waals surface area contributed by atoms with Gasteiger partial charge >= 0.3 is 0 Å². The average Bonchev–Trinajstić information content (AvgIpc) is 2.84. The van der Waals surface area contributed by atoms with Gasteiger partial charge in [0.1, 0.15) is 10.7 Å². The van der Waals surface area contributed by atoms with Crippen LogP contribution in [0.4, 0.5) is 5.69 Å². The molecule has 0 saturated carbocycles. The van der Waals surface area contributed by atoms with Crippen LogP contribution in [0.15, 0.2) is 34.9 Å². The number of oxazole rings is 1. The van der Waals surface area contributed by atoms with Crippen molar-refractivity contribution in [3.63, 3.8) is 0 Å². The van der Waals surface area contributed by atoms with E-state index in [0.717, 1.165) is 23.4 Å². The predicted octanol–water partition coefficient (Wildman–Crippen LogP) is 2.48. The lowest BCUT2D eigenvalue weighted by molar-refractivity contribution is 0.466. The summed E-state index contributed by atoms with van der Waals surface area (Å²) in [5, 5.41) is 3.22. The minimum Gasteiger partial charge on any atom is -0.444 e. The number of nitrogens with one attached hydrogen (secondary N) is 1. The summed E-state index contributed by atoms with van der Waals surface area (Å²) in [4.78, 5) is 4.56. The van der Waals surface area contributed by atoms with E-state index in [-0.39, 0.29) is 0 Å². The number of aryl methyl sites for hydroxylation is 1. The van der Waals surface area contributed by atoms with Crippen molar-refractivity contribution in [1.29, 1.82) is 0 Å². The maximum Gasteiger partial charge on any atom is 0.213 e. The van der Waals surface area contributed by atoms with Gasteiger partial charge in [-0.25, -0.2) is 4.98 Å². The minimum absolute atomic E-state index is 0.375. The highest BCUT2D eigenvalue weighted by Crippen LogP contribution is 2.16. The number of thiocarbonyl (C=S) groups is 1. The zero-order valence-electron chi connectivity index (χ0n) is 10.1. The van der Waals surface area contributed by atoms with E-state index >= 15 is 0 Å². The van der Waals surface area contributed by atoms with Gasteiger partial charge in [-0.2, -0.15) is 0 Å². The molecule has 0 aliphatic heterocycles. The van der Waals surface area contributed by atoms with Crippen molar-refractivity contribution in [2.45, 2.75) is 19.9 Å². The van der Waals surface area contributed by atoms with Gasteiger partial charge in [0.2, 0.25) is 5.89 Å². The van der Waals surface area contributed by atoms with Crippen LogP contribution in [-0.2, 0) is 13.0 Å². The summed E-state index contributed by atoms with van der Waals surface area (Å²) < 4.78 is 5.52. The fourth-order valence-corrected chi connectivity index (χ4v) is 1.79. The first-order valence-electron chi connectivity index (χ1n) is 5.77. The second-order valence-corrected chi connectivity index (χ2v) is 4.28. The topological polar surface area (TPSA) is 64.1 Å². The molecular weight excluding hydrogens is 246 g/mol. The van der Waals surface area contributed by atoms with Crippen molar-refractivity contribution in [1.82, 2.24) is 4.98 Å². The van der Waals surface area contributed by atoms with Crippen LogP contribution in [0.25, 0.3) is 0 Å². The summed E-state index contributed by atoms with van der Waals surface area (Å²) in [5.41, 5.74) is 7.38.